The number of nitrogens with zero attached hydrogens (tertiary/aromatic N) is 3. The maximum atomic E-state index is 5.31. The molecule has 7 aliphatic rings. The molecule has 4 bridgehead atoms. The molecular formula is C27H45N3. The molecule has 30 heavy (non-hydrogen) atoms. The average Bonchev–Trinajstić information content (AvgIpc) is 3.25. The smallest absolute Gasteiger partial charge is 0.197 e. The Kier molecular flexibility index (Phi) is 4.92. The Morgan fingerprint density at radius 3 is 2.17 bits per heavy atom. The van der Waals surface area contributed by atoms with Gasteiger partial charge in [0.05, 0.1) is 12.6 Å². The molecule has 0 spiro atoms. The molecule has 6 fully saturated rings. The van der Waals surface area contributed by atoms with Crippen LogP contribution >= 0.6 is 0 Å². The van der Waals surface area contributed by atoms with Crippen molar-refractivity contribution < 1.29 is 0 Å². The maximum Gasteiger partial charge on any atom is 0.197 e. The Morgan fingerprint density at radius 2 is 1.57 bits per heavy atom. The summed E-state index contributed by atoms with van der Waals surface area (Å²) in [5.41, 5.74) is 0.589. The Morgan fingerprint density at radius 1 is 0.933 bits per heavy atom. The predicted molar refractivity (Wildman–Crippen MR) is 125 cm³/mol. The third-order valence-corrected chi connectivity index (χ3v) is 10.4. The molecule has 0 N–H and O–H groups in total. The molecule has 2 aliphatic heterocycles. The van der Waals surface area contributed by atoms with E-state index in [4.69, 9.17) is 4.99 Å². The Labute approximate surface area is 185 Å². The highest BCUT2D eigenvalue weighted by molar-refractivity contribution is 5.85. The van der Waals surface area contributed by atoms with Crippen LogP contribution in [-0.2, 0) is 0 Å². The summed E-state index contributed by atoms with van der Waals surface area (Å²) in [5, 5.41) is 0. The van der Waals surface area contributed by atoms with Crippen LogP contribution in [0.15, 0.2) is 4.99 Å². The average molecular weight is 412 g/mol. The third-order valence-electron chi connectivity index (χ3n) is 10.4. The van der Waals surface area contributed by atoms with Gasteiger partial charge < -0.3 is 9.80 Å². The molecule has 0 aromatic rings. The van der Waals surface area contributed by atoms with Gasteiger partial charge in [0.1, 0.15) is 0 Å². The van der Waals surface area contributed by atoms with Crippen molar-refractivity contribution in [1.29, 1.82) is 0 Å². The van der Waals surface area contributed by atoms with E-state index in [1.807, 2.05) is 0 Å². The highest BCUT2D eigenvalue weighted by atomic mass is 15.5. The van der Waals surface area contributed by atoms with Gasteiger partial charge in [-0.25, -0.2) is 0 Å². The fourth-order valence-electron chi connectivity index (χ4n) is 9.57. The quantitative estimate of drug-likeness (QED) is 0.557. The molecule has 0 radical (unpaired) electrons. The number of guanidine groups is 1. The van der Waals surface area contributed by atoms with E-state index in [0.29, 0.717) is 23.5 Å². The molecule has 3 heteroatoms. The van der Waals surface area contributed by atoms with E-state index in [1.54, 1.807) is 19.3 Å². The highest BCUT2D eigenvalue weighted by Gasteiger charge is 2.57. The number of aliphatic imine (C=N–C) groups is 1. The van der Waals surface area contributed by atoms with Gasteiger partial charge in [-0.1, -0.05) is 33.1 Å². The number of hydrogen-bond donors (Lipinski definition) is 0. The zero-order valence-corrected chi connectivity index (χ0v) is 19.9. The molecule has 0 amide bonds. The van der Waals surface area contributed by atoms with Gasteiger partial charge in [0.25, 0.3) is 0 Å². The summed E-state index contributed by atoms with van der Waals surface area (Å²) in [6, 6.07) is 2.09. The van der Waals surface area contributed by atoms with Crippen molar-refractivity contribution in [2.24, 2.45) is 40.0 Å². The normalized spacial score (nSPS) is 44.1. The minimum Gasteiger partial charge on any atom is -0.336 e. The van der Waals surface area contributed by atoms with E-state index in [2.05, 4.69) is 30.6 Å². The zero-order chi connectivity index (χ0) is 20.5. The molecule has 3 atom stereocenters. The van der Waals surface area contributed by atoms with E-state index in [0.717, 1.165) is 36.1 Å². The van der Waals surface area contributed by atoms with Crippen LogP contribution in [0.4, 0.5) is 0 Å². The van der Waals surface area contributed by atoms with Crippen molar-refractivity contribution in [3.8, 4) is 0 Å². The van der Waals surface area contributed by atoms with Crippen molar-refractivity contribution in [3.63, 3.8) is 0 Å². The zero-order valence-electron chi connectivity index (χ0n) is 19.9. The van der Waals surface area contributed by atoms with Gasteiger partial charge in [-0.2, -0.15) is 0 Å². The van der Waals surface area contributed by atoms with Crippen molar-refractivity contribution in [1.82, 2.24) is 9.80 Å². The van der Waals surface area contributed by atoms with Gasteiger partial charge in [-0.3, -0.25) is 4.99 Å². The van der Waals surface area contributed by atoms with Crippen LogP contribution in [0.2, 0.25) is 0 Å². The standard InChI is InChI=1S/C27H45N3/c1-18(2)9-24-17-29-25(23-7-5-4-6-8-23)16-28-26(29)30(24)19(3)27-13-20-10-21(14-27)12-22(11-20)15-27/h18-25H,4-17H2,1-3H3/t19?,20?,21?,22?,24-,25-,27?/m1/s1. The topological polar surface area (TPSA) is 18.8 Å². The van der Waals surface area contributed by atoms with Gasteiger partial charge in [0, 0.05) is 18.6 Å². The van der Waals surface area contributed by atoms with E-state index in [1.165, 1.54) is 70.3 Å². The van der Waals surface area contributed by atoms with Crippen LogP contribution in [0.5, 0.6) is 0 Å². The molecule has 2 heterocycles. The van der Waals surface area contributed by atoms with Crippen molar-refractivity contribution >= 4 is 5.96 Å². The fourth-order valence-corrected chi connectivity index (χ4v) is 9.57. The summed E-state index contributed by atoms with van der Waals surface area (Å²) in [4.78, 5) is 11.0. The minimum atomic E-state index is 0.589. The lowest BCUT2D eigenvalue weighted by molar-refractivity contribution is -0.0892. The first kappa shape index (κ1) is 19.9. The first-order valence-corrected chi connectivity index (χ1v) is 13.6. The molecular weight excluding hydrogens is 366 g/mol. The highest BCUT2D eigenvalue weighted by Crippen LogP contribution is 2.62. The SMILES string of the molecule is CC(C)C[C@@H]1CN2C(=NC[C@@H]2C2CCCCC2)N1C(C)C12CC3CC(CC(C3)C1)C2. The third kappa shape index (κ3) is 3.15. The summed E-state index contributed by atoms with van der Waals surface area (Å²) < 4.78 is 0. The first-order chi connectivity index (χ1) is 14.5. The van der Waals surface area contributed by atoms with E-state index >= 15 is 0 Å². The largest absolute Gasteiger partial charge is 0.336 e. The monoisotopic (exact) mass is 411 g/mol. The molecule has 3 nitrogen and oxygen atoms in total. The number of hydrogen-bond acceptors (Lipinski definition) is 3. The molecule has 0 aromatic carbocycles. The van der Waals surface area contributed by atoms with Gasteiger partial charge in [0.15, 0.2) is 5.96 Å². The lowest BCUT2D eigenvalue weighted by atomic mass is 9.47. The van der Waals surface area contributed by atoms with Gasteiger partial charge >= 0.3 is 0 Å². The second-order valence-electron chi connectivity index (χ2n) is 12.9. The van der Waals surface area contributed by atoms with Gasteiger partial charge in [0.2, 0.25) is 0 Å². The molecule has 5 saturated carbocycles. The summed E-state index contributed by atoms with van der Waals surface area (Å²) in [5.74, 6) is 6.23. The van der Waals surface area contributed by atoms with Crippen LogP contribution in [0, 0.1) is 35.0 Å². The molecule has 7 rings (SSSR count). The van der Waals surface area contributed by atoms with Gasteiger partial charge in [-0.15, -0.1) is 0 Å². The van der Waals surface area contributed by atoms with Crippen LogP contribution in [0.25, 0.3) is 0 Å². The van der Waals surface area contributed by atoms with Crippen molar-refractivity contribution in [3.05, 3.63) is 0 Å². The summed E-state index contributed by atoms with van der Waals surface area (Å²) in [6.07, 6.45) is 17.8. The molecule has 168 valence electrons. The number of fused-ring (bicyclic) bond motifs is 1. The molecule has 1 saturated heterocycles. The summed E-state index contributed by atoms with van der Waals surface area (Å²) in [6.45, 7) is 9.82. The van der Waals surface area contributed by atoms with Crippen LogP contribution in [-0.4, -0.2) is 47.0 Å². The minimum absolute atomic E-state index is 0.589. The lowest BCUT2D eigenvalue weighted by Gasteiger charge is -2.60. The molecule has 5 aliphatic carbocycles. The van der Waals surface area contributed by atoms with E-state index in [-0.39, 0.29) is 0 Å². The summed E-state index contributed by atoms with van der Waals surface area (Å²) in [7, 11) is 0. The van der Waals surface area contributed by atoms with Crippen molar-refractivity contribution in [2.75, 3.05) is 13.1 Å². The number of rotatable bonds is 5. The van der Waals surface area contributed by atoms with E-state index in [9.17, 15) is 0 Å². The summed E-state index contributed by atoms with van der Waals surface area (Å²) >= 11 is 0. The van der Waals surface area contributed by atoms with Crippen LogP contribution < -0.4 is 0 Å². The Bertz CT molecular complexity index is 640. The van der Waals surface area contributed by atoms with Crippen molar-refractivity contribution in [2.45, 2.75) is 116 Å². The first-order valence-electron chi connectivity index (χ1n) is 13.6. The second kappa shape index (κ2) is 7.41. The maximum absolute atomic E-state index is 5.31. The van der Waals surface area contributed by atoms with Gasteiger partial charge in [-0.05, 0) is 99.7 Å². The lowest BCUT2D eigenvalue weighted by Crippen LogP contribution is -2.58. The van der Waals surface area contributed by atoms with Crippen LogP contribution in [0.3, 0.4) is 0 Å². The Balaban J connectivity index is 1.27. The fraction of sp³-hybridized carbons (Fsp3) is 0.963. The molecule has 1 unspecified atom stereocenters. The molecule has 0 aromatic heterocycles. The van der Waals surface area contributed by atoms with Crippen LogP contribution in [0.1, 0.15) is 97.8 Å². The Hall–Kier alpha value is -0.730. The second-order valence-corrected chi connectivity index (χ2v) is 12.9. The van der Waals surface area contributed by atoms with E-state index < -0.39 is 0 Å². The predicted octanol–water partition coefficient (Wildman–Crippen LogP) is 5.94.